The number of hydrogen-bond acceptors (Lipinski definition) is 3. The largest absolute Gasteiger partial charge is 0.317 e. The molecule has 2 aliphatic carbocycles. The molecule has 1 aromatic heterocycles. The van der Waals surface area contributed by atoms with Gasteiger partial charge in [0.05, 0.1) is 6.54 Å². The molecule has 2 aliphatic rings. The van der Waals surface area contributed by atoms with E-state index in [1.807, 2.05) is 0 Å². The molecule has 1 unspecified atom stereocenters. The molecule has 0 saturated heterocycles. The van der Waals surface area contributed by atoms with Gasteiger partial charge in [0.15, 0.2) is 0 Å². The minimum absolute atomic E-state index is 0.426. The predicted octanol–water partition coefficient (Wildman–Crippen LogP) is 2.75. The van der Waals surface area contributed by atoms with Crippen LogP contribution >= 0.6 is 0 Å². The average molecular weight is 262 g/mol. The fourth-order valence-electron chi connectivity index (χ4n) is 3.47. The van der Waals surface area contributed by atoms with Gasteiger partial charge in [0, 0.05) is 19.0 Å². The van der Waals surface area contributed by atoms with Gasteiger partial charge in [0.1, 0.15) is 11.6 Å². The summed E-state index contributed by atoms with van der Waals surface area (Å²) in [6, 6.07) is 0.622. The minimum atomic E-state index is 0.426. The van der Waals surface area contributed by atoms with Gasteiger partial charge >= 0.3 is 0 Å². The molecule has 1 atom stereocenters. The highest BCUT2D eigenvalue weighted by Gasteiger charge is 2.34. The summed E-state index contributed by atoms with van der Waals surface area (Å²) in [6.45, 7) is 5.59. The van der Waals surface area contributed by atoms with Crippen LogP contribution in [0.1, 0.15) is 69.9 Å². The van der Waals surface area contributed by atoms with Crippen LogP contribution in [-0.4, -0.2) is 20.8 Å². The standard InChI is InChI=1S/C15H26N4/c1-15(2)9-5-8-12(15)16-10-13-17-18-14(19(13)3)11-6-4-7-11/h11-12,16H,4-10H2,1-3H3. The zero-order chi connectivity index (χ0) is 13.5. The molecular weight excluding hydrogens is 236 g/mol. The van der Waals surface area contributed by atoms with Gasteiger partial charge in [0.25, 0.3) is 0 Å². The molecule has 2 saturated carbocycles. The SMILES string of the molecule is Cn1c(CNC2CCCC2(C)C)nnc1C1CCC1. The number of hydrogen-bond donors (Lipinski definition) is 1. The van der Waals surface area contributed by atoms with Crippen LogP contribution in [0.5, 0.6) is 0 Å². The molecule has 0 aromatic carbocycles. The highest BCUT2D eigenvalue weighted by Crippen LogP contribution is 2.37. The Morgan fingerprint density at radius 3 is 2.58 bits per heavy atom. The Morgan fingerprint density at radius 2 is 2.00 bits per heavy atom. The zero-order valence-corrected chi connectivity index (χ0v) is 12.4. The van der Waals surface area contributed by atoms with Crippen molar-refractivity contribution < 1.29 is 0 Å². The highest BCUT2D eigenvalue weighted by atomic mass is 15.3. The van der Waals surface area contributed by atoms with Crippen molar-refractivity contribution in [3.05, 3.63) is 11.6 Å². The number of nitrogens with one attached hydrogen (secondary N) is 1. The summed E-state index contributed by atoms with van der Waals surface area (Å²) in [5, 5.41) is 12.5. The van der Waals surface area contributed by atoms with Crippen molar-refractivity contribution in [2.45, 2.75) is 70.9 Å². The summed E-state index contributed by atoms with van der Waals surface area (Å²) in [7, 11) is 2.12. The summed E-state index contributed by atoms with van der Waals surface area (Å²) in [4.78, 5) is 0. The molecule has 1 heterocycles. The van der Waals surface area contributed by atoms with E-state index < -0.39 is 0 Å². The van der Waals surface area contributed by atoms with E-state index in [4.69, 9.17) is 0 Å². The molecule has 2 fully saturated rings. The molecule has 1 N–H and O–H groups in total. The Morgan fingerprint density at radius 1 is 1.21 bits per heavy atom. The van der Waals surface area contributed by atoms with Gasteiger partial charge in [-0.15, -0.1) is 10.2 Å². The first-order chi connectivity index (χ1) is 9.08. The van der Waals surface area contributed by atoms with Crippen LogP contribution in [0.25, 0.3) is 0 Å². The van der Waals surface area contributed by atoms with Crippen molar-refractivity contribution in [3.63, 3.8) is 0 Å². The first-order valence-corrected chi connectivity index (χ1v) is 7.69. The minimum Gasteiger partial charge on any atom is -0.317 e. The van der Waals surface area contributed by atoms with E-state index in [1.54, 1.807) is 0 Å². The lowest BCUT2D eigenvalue weighted by molar-refractivity contribution is 0.280. The van der Waals surface area contributed by atoms with Crippen molar-refractivity contribution >= 4 is 0 Å². The van der Waals surface area contributed by atoms with Gasteiger partial charge in [-0.25, -0.2) is 0 Å². The van der Waals surface area contributed by atoms with Crippen LogP contribution in [0, 0.1) is 5.41 Å². The van der Waals surface area contributed by atoms with Crippen molar-refractivity contribution in [1.29, 1.82) is 0 Å². The molecule has 19 heavy (non-hydrogen) atoms. The summed E-state index contributed by atoms with van der Waals surface area (Å²) < 4.78 is 2.21. The fraction of sp³-hybridized carbons (Fsp3) is 0.867. The van der Waals surface area contributed by atoms with E-state index in [9.17, 15) is 0 Å². The Balaban J connectivity index is 1.62. The van der Waals surface area contributed by atoms with Gasteiger partial charge in [-0.3, -0.25) is 0 Å². The Hall–Kier alpha value is -0.900. The van der Waals surface area contributed by atoms with Crippen molar-refractivity contribution in [3.8, 4) is 0 Å². The van der Waals surface area contributed by atoms with E-state index in [2.05, 4.69) is 41.0 Å². The first-order valence-electron chi connectivity index (χ1n) is 7.69. The maximum atomic E-state index is 4.39. The van der Waals surface area contributed by atoms with E-state index in [1.165, 1.54) is 44.3 Å². The second kappa shape index (κ2) is 4.89. The monoisotopic (exact) mass is 262 g/mol. The van der Waals surface area contributed by atoms with Crippen molar-refractivity contribution in [1.82, 2.24) is 20.1 Å². The van der Waals surface area contributed by atoms with Crippen LogP contribution in [0.2, 0.25) is 0 Å². The Labute approximate surface area is 116 Å². The molecular formula is C15H26N4. The molecule has 0 amide bonds. The summed E-state index contributed by atoms with van der Waals surface area (Å²) in [5.41, 5.74) is 0.426. The maximum Gasteiger partial charge on any atom is 0.146 e. The molecule has 0 radical (unpaired) electrons. The third-order valence-electron chi connectivity index (χ3n) is 5.23. The zero-order valence-electron chi connectivity index (χ0n) is 12.4. The average Bonchev–Trinajstić information content (AvgIpc) is 2.79. The normalized spacial score (nSPS) is 26.6. The Kier molecular flexibility index (Phi) is 3.37. The first kappa shape index (κ1) is 13.1. The number of nitrogens with zero attached hydrogens (tertiary/aromatic N) is 3. The lowest BCUT2D eigenvalue weighted by Crippen LogP contribution is -2.37. The van der Waals surface area contributed by atoms with Crippen LogP contribution in [0.4, 0.5) is 0 Å². The smallest absolute Gasteiger partial charge is 0.146 e. The lowest BCUT2D eigenvalue weighted by Gasteiger charge is -2.28. The van der Waals surface area contributed by atoms with Crippen LogP contribution in [0.15, 0.2) is 0 Å². The molecule has 0 spiro atoms. The van der Waals surface area contributed by atoms with Gasteiger partial charge in [-0.05, 0) is 31.1 Å². The van der Waals surface area contributed by atoms with Gasteiger partial charge in [-0.1, -0.05) is 26.7 Å². The quantitative estimate of drug-likeness (QED) is 0.907. The van der Waals surface area contributed by atoms with E-state index in [-0.39, 0.29) is 0 Å². The number of aromatic nitrogens is 3. The third kappa shape index (κ3) is 2.42. The van der Waals surface area contributed by atoms with Crippen molar-refractivity contribution in [2.75, 3.05) is 0 Å². The molecule has 3 rings (SSSR count). The molecule has 0 bridgehead atoms. The second-order valence-electron chi connectivity index (χ2n) is 6.98. The highest BCUT2D eigenvalue weighted by molar-refractivity contribution is 5.05. The molecule has 0 aliphatic heterocycles. The number of rotatable bonds is 4. The maximum absolute atomic E-state index is 4.39. The Bertz CT molecular complexity index is 445. The van der Waals surface area contributed by atoms with Crippen LogP contribution in [-0.2, 0) is 13.6 Å². The fourth-order valence-corrected chi connectivity index (χ4v) is 3.47. The van der Waals surface area contributed by atoms with E-state index >= 15 is 0 Å². The molecule has 106 valence electrons. The van der Waals surface area contributed by atoms with Gasteiger partial charge in [0.2, 0.25) is 0 Å². The predicted molar refractivity (Wildman–Crippen MR) is 75.9 cm³/mol. The topological polar surface area (TPSA) is 42.7 Å². The van der Waals surface area contributed by atoms with Crippen LogP contribution < -0.4 is 5.32 Å². The van der Waals surface area contributed by atoms with E-state index in [0.29, 0.717) is 17.4 Å². The van der Waals surface area contributed by atoms with Gasteiger partial charge in [-0.2, -0.15) is 0 Å². The summed E-state index contributed by atoms with van der Waals surface area (Å²) in [5.74, 6) is 2.94. The third-order valence-corrected chi connectivity index (χ3v) is 5.23. The lowest BCUT2D eigenvalue weighted by atomic mass is 9.85. The molecule has 4 nitrogen and oxygen atoms in total. The molecule has 1 aromatic rings. The molecule has 4 heteroatoms. The second-order valence-corrected chi connectivity index (χ2v) is 6.98. The summed E-state index contributed by atoms with van der Waals surface area (Å²) >= 11 is 0. The van der Waals surface area contributed by atoms with Crippen molar-refractivity contribution in [2.24, 2.45) is 12.5 Å². The van der Waals surface area contributed by atoms with Crippen LogP contribution in [0.3, 0.4) is 0 Å². The van der Waals surface area contributed by atoms with E-state index in [0.717, 1.165) is 12.4 Å². The summed E-state index contributed by atoms with van der Waals surface area (Å²) in [6.07, 6.45) is 7.89. The van der Waals surface area contributed by atoms with Gasteiger partial charge < -0.3 is 9.88 Å².